The van der Waals surface area contributed by atoms with E-state index in [1.165, 1.54) is 26.4 Å². The maximum atomic E-state index is 13.6. The third-order valence-corrected chi connectivity index (χ3v) is 4.16. The highest BCUT2D eigenvalue weighted by atomic mass is 32.2. The van der Waals surface area contributed by atoms with Gasteiger partial charge in [0.05, 0.1) is 0 Å². The largest absolute Gasteiger partial charge is 0.483 e. The summed E-state index contributed by atoms with van der Waals surface area (Å²) < 4.78 is 130. The number of halogens is 8. The van der Waals surface area contributed by atoms with E-state index in [0.29, 0.717) is 0 Å². The molecule has 15 heteroatoms. The van der Waals surface area contributed by atoms with Crippen LogP contribution < -0.4 is 0 Å². The first kappa shape index (κ1) is 21.7. The van der Waals surface area contributed by atoms with Crippen LogP contribution in [0.15, 0.2) is 12.4 Å². The SMILES string of the molecule is CCN1C=CN(C)C1OS(=O)(=O)C(F)(F)C(F)OC(F)(F)C(F)(F)F. The molecule has 148 valence electrons. The minimum Gasteiger partial charge on any atom is -0.336 e. The topological polar surface area (TPSA) is 59.1 Å². The lowest BCUT2D eigenvalue weighted by Crippen LogP contribution is -2.51. The van der Waals surface area contributed by atoms with Crippen molar-refractivity contribution in [3.8, 4) is 0 Å². The average molecular weight is 408 g/mol. The van der Waals surface area contributed by atoms with Gasteiger partial charge in [-0.25, -0.2) is 8.57 Å². The zero-order valence-electron chi connectivity index (χ0n) is 12.5. The Balaban J connectivity index is 2.99. The van der Waals surface area contributed by atoms with Gasteiger partial charge in [-0.05, 0) is 6.92 Å². The molecule has 0 saturated carbocycles. The molecule has 0 radical (unpaired) electrons. The quantitative estimate of drug-likeness (QED) is 0.477. The second-order valence-electron chi connectivity index (χ2n) is 4.68. The third kappa shape index (κ3) is 4.25. The molecule has 0 amide bonds. The first-order valence-electron chi connectivity index (χ1n) is 6.30. The van der Waals surface area contributed by atoms with Crippen LogP contribution in [0.25, 0.3) is 0 Å². The van der Waals surface area contributed by atoms with Crippen molar-refractivity contribution < 1.29 is 52.5 Å². The molecular formula is C10H12F8N2O4S. The molecular weight excluding hydrogens is 396 g/mol. The van der Waals surface area contributed by atoms with Crippen molar-refractivity contribution >= 4 is 10.1 Å². The van der Waals surface area contributed by atoms with Crippen molar-refractivity contribution in [2.45, 2.75) is 37.2 Å². The molecule has 2 atom stereocenters. The van der Waals surface area contributed by atoms with E-state index in [1.807, 2.05) is 0 Å². The molecule has 1 aliphatic heterocycles. The van der Waals surface area contributed by atoms with Crippen molar-refractivity contribution in [1.29, 1.82) is 0 Å². The predicted octanol–water partition coefficient (Wildman–Crippen LogP) is 2.42. The summed E-state index contributed by atoms with van der Waals surface area (Å²) in [7, 11) is -5.11. The molecule has 6 nitrogen and oxygen atoms in total. The Labute approximate surface area is 136 Å². The fraction of sp³-hybridized carbons (Fsp3) is 0.800. The number of rotatable bonds is 7. The maximum absolute atomic E-state index is 13.6. The highest BCUT2D eigenvalue weighted by Gasteiger charge is 2.66. The van der Waals surface area contributed by atoms with E-state index >= 15 is 0 Å². The summed E-state index contributed by atoms with van der Waals surface area (Å²) in [6.45, 7) is 1.52. The van der Waals surface area contributed by atoms with Gasteiger partial charge in [0.2, 0.25) is 6.35 Å². The van der Waals surface area contributed by atoms with Gasteiger partial charge in [0.1, 0.15) is 0 Å². The lowest BCUT2D eigenvalue weighted by molar-refractivity contribution is -0.423. The van der Waals surface area contributed by atoms with Gasteiger partial charge in [0, 0.05) is 26.0 Å². The fourth-order valence-electron chi connectivity index (χ4n) is 1.51. The van der Waals surface area contributed by atoms with Gasteiger partial charge >= 0.3 is 27.7 Å². The summed E-state index contributed by atoms with van der Waals surface area (Å²) in [5, 5.41) is -5.84. The Hall–Kier alpha value is -1.35. The minimum atomic E-state index is -6.54. The van der Waals surface area contributed by atoms with E-state index < -0.39 is 40.4 Å². The molecule has 0 bridgehead atoms. The summed E-state index contributed by atoms with van der Waals surface area (Å²) in [6, 6.07) is 0. The summed E-state index contributed by atoms with van der Waals surface area (Å²) in [4.78, 5) is 2.00. The molecule has 25 heavy (non-hydrogen) atoms. The van der Waals surface area contributed by atoms with Gasteiger partial charge in [-0.15, -0.1) is 0 Å². The zero-order chi connectivity index (χ0) is 19.8. The van der Waals surface area contributed by atoms with Crippen molar-refractivity contribution in [1.82, 2.24) is 9.80 Å². The lowest BCUT2D eigenvalue weighted by atomic mass is 10.6. The Morgan fingerprint density at radius 3 is 2.08 bits per heavy atom. The Morgan fingerprint density at radius 2 is 1.64 bits per heavy atom. The summed E-state index contributed by atoms with van der Waals surface area (Å²) in [6.07, 6.45) is -17.0. The molecule has 1 aliphatic rings. The maximum Gasteiger partial charge on any atom is 0.483 e. The molecule has 0 aromatic carbocycles. The number of nitrogens with zero attached hydrogens (tertiary/aromatic N) is 2. The fourth-order valence-corrected chi connectivity index (χ4v) is 2.39. The molecule has 0 aromatic heterocycles. The predicted molar refractivity (Wildman–Crippen MR) is 65.0 cm³/mol. The van der Waals surface area contributed by atoms with Crippen LogP contribution in [0.2, 0.25) is 0 Å². The summed E-state index contributed by atoms with van der Waals surface area (Å²) in [5.41, 5.74) is 0. The Bertz CT molecular complexity index is 609. The van der Waals surface area contributed by atoms with Crippen LogP contribution in [0.5, 0.6) is 0 Å². The second-order valence-corrected chi connectivity index (χ2v) is 6.33. The van der Waals surface area contributed by atoms with E-state index in [2.05, 4.69) is 8.92 Å². The number of ether oxygens (including phenoxy) is 1. The molecule has 0 saturated heterocycles. The standard InChI is InChI=1S/C10H12F8N2O4S/c1-3-20-5-4-19(2)7(20)24-25(21,22)8(12,13)6(11)23-10(17,18)9(14,15)16/h4-7H,3H2,1-2H3. The third-order valence-electron chi connectivity index (χ3n) is 2.88. The first-order valence-corrected chi connectivity index (χ1v) is 7.70. The van der Waals surface area contributed by atoms with E-state index in [9.17, 15) is 43.5 Å². The van der Waals surface area contributed by atoms with Crippen molar-refractivity contribution in [2.75, 3.05) is 13.6 Å². The second kappa shape index (κ2) is 6.75. The van der Waals surface area contributed by atoms with Crippen LogP contribution in [0.1, 0.15) is 6.92 Å². The van der Waals surface area contributed by atoms with Crippen LogP contribution in [-0.4, -0.2) is 62.1 Å². The van der Waals surface area contributed by atoms with Crippen LogP contribution in [0, 0.1) is 0 Å². The minimum absolute atomic E-state index is 0.0499. The van der Waals surface area contributed by atoms with Gasteiger partial charge < -0.3 is 9.80 Å². The van der Waals surface area contributed by atoms with Gasteiger partial charge in [-0.1, -0.05) is 0 Å². The first-order chi connectivity index (χ1) is 11.1. The Kier molecular flexibility index (Phi) is 5.86. The van der Waals surface area contributed by atoms with Crippen LogP contribution in [0.3, 0.4) is 0 Å². The normalized spacial score (nSPS) is 21.1. The molecule has 2 unspecified atom stereocenters. The average Bonchev–Trinajstić information content (AvgIpc) is 2.77. The van der Waals surface area contributed by atoms with Gasteiger partial charge in [0.25, 0.3) is 6.36 Å². The van der Waals surface area contributed by atoms with E-state index in [0.717, 1.165) is 9.80 Å². The van der Waals surface area contributed by atoms with Gasteiger partial charge in [0.15, 0.2) is 0 Å². The van der Waals surface area contributed by atoms with Crippen molar-refractivity contribution in [3.05, 3.63) is 12.4 Å². The molecule has 0 aromatic rings. The lowest BCUT2D eigenvalue weighted by Gasteiger charge is -2.31. The summed E-state index contributed by atoms with van der Waals surface area (Å²) >= 11 is 0. The highest BCUT2D eigenvalue weighted by Crippen LogP contribution is 2.41. The molecule has 0 spiro atoms. The van der Waals surface area contributed by atoms with Crippen LogP contribution in [-0.2, 0) is 19.0 Å². The number of hydrogen-bond donors (Lipinski definition) is 0. The molecule has 1 rings (SSSR count). The summed E-state index contributed by atoms with van der Waals surface area (Å²) in [5.74, 6) is 0. The smallest absolute Gasteiger partial charge is 0.336 e. The molecule has 0 fully saturated rings. The Morgan fingerprint density at radius 1 is 1.12 bits per heavy atom. The highest BCUT2D eigenvalue weighted by molar-refractivity contribution is 7.87. The van der Waals surface area contributed by atoms with Crippen molar-refractivity contribution in [3.63, 3.8) is 0 Å². The van der Waals surface area contributed by atoms with Crippen LogP contribution >= 0.6 is 0 Å². The van der Waals surface area contributed by atoms with Crippen LogP contribution in [0.4, 0.5) is 35.1 Å². The van der Waals surface area contributed by atoms with Crippen molar-refractivity contribution in [2.24, 2.45) is 0 Å². The molecule has 1 heterocycles. The monoisotopic (exact) mass is 408 g/mol. The molecule has 0 N–H and O–H groups in total. The van der Waals surface area contributed by atoms with E-state index in [1.54, 1.807) is 0 Å². The van der Waals surface area contributed by atoms with Gasteiger partial charge in [-0.2, -0.15) is 39.2 Å². The number of hydrogen-bond acceptors (Lipinski definition) is 6. The zero-order valence-corrected chi connectivity index (χ0v) is 13.3. The molecule has 0 aliphatic carbocycles. The van der Waals surface area contributed by atoms with E-state index in [4.69, 9.17) is 0 Å². The van der Waals surface area contributed by atoms with Gasteiger partial charge in [-0.3, -0.25) is 4.74 Å². The van der Waals surface area contributed by atoms with E-state index in [-0.39, 0.29) is 6.54 Å². The number of alkyl halides is 8.